The van der Waals surface area contributed by atoms with Gasteiger partial charge < -0.3 is 4.90 Å². The molecule has 1 aliphatic heterocycles. The van der Waals surface area contributed by atoms with Crippen molar-refractivity contribution in [2.24, 2.45) is 0 Å². The van der Waals surface area contributed by atoms with Gasteiger partial charge in [0.1, 0.15) is 0 Å². The van der Waals surface area contributed by atoms with E-state index in [1.807, 2.05) is 11.0 Å². The van der Waals surface area contributed by atoms with E-state index in [4.69, 9.17) is 0 Å². The van der Waals surface area contributed by atoms with Gasteiger partial charge in [-0.15, -0.1) is 6.58 Å². The van der Waals surface area contributed by atoms with E-state index in [0.29, 0.717) is 12.3 Å². The fourth-order valence-corrected chi connectivity index (χ4v) is 2.09. The van der Waals surface area contributed by atoms with Crippen LogP contribution in [0.3, 0.4) is 0 Å². The number of carbonyl (C=O) groups is 1. The van der Waals surface area contributed by atoms with E-state index < -0.39 is 0 Å². The maximum atomic E-state index is 11.7. The monoisotopic (exact) mass is 207 g/mol. The number of amides is 1. The fourth-order valence-electron chi connectivity index (χ4n) is 2.09. The molecule has 0 radical (unpaired) electrons. The predicted molar refractivity (Wildman–Crippen MR) is 63.6 cm³/mol. The SMILES string of the molecule is C=CCCC(C(=C)CC)N1CCCC1=O. The highest BCUT2D eigenvalue weighted by Crippen LogP contribution is 2.23. The first-order chi connectivity index (χ1) is 7.20. The van der Waals surface area contributed by atoms with Crippen molar-refractivity contribution in [2.75, 3.05) is 6.54 Å². The van der Waals surface area contributed by atoms with Gasteiger partial charge in [-0.2, -0.15) is 0 Å². The summed E-state index contributed by atoms with van der Waals surface area (Å²) in [5.41, 5.74) is 1.17. The van der Waals surface area contributed by atoms with Crippen LogP contribution in [0.4, 0.5) is 0 Å². The Morgan fingerprint density at radius 2 is 2.40 bits per heavy atom. The molecule has 2 nitrogen and oxygen atoms in total. The second kappa shape index (κ2) is 5.74. The number of carbonyl (C=O) groups excluding carboxylic acids is 1. The quantitative estimate of drug-likeness (QED) is 0.613. The molecule has 1 aliphatic rings. The Hall–Kier alpha value is -1.05. The Morgan fingerprint density at radius 1 is 1.67 bits per heavy atom. The first kappa shape index (κ1) is 12.0. The molecule has 0 bridgehead atoms. The Kier molecular flexibility index (Phi) is 4.60. The number of rotatable bonds is 6. The van der Waals surface area contributed by atoms with Crippen molar-refractivity contribution < 1.29 is 4.79 Å². The molecular weight excluding hydrogens is 186 g/mol. The fraction of sp³-hybridized carbons (Fsp3) is 0.615. The van der Waals surface area contributed by atoms with Gasteiger partial charge in [-0.25, -0.2) is 0 Å². The third-order valence-electron chi connectivity index (χ3n) is 3.06. The van der Waals surface area contributed by atoms with E-state index in [2.05, 4.69) is 20.1 Å². The molecule has 1 fully saturated rings. The van der Waals surface area contributed by atoms with Crippen LogP contribution in [0.5, 0.6) is 0 Å². The van der Waals surface area contributed by atoms with Gasteiger partial charge in [0.15, 0.2) is 0 Å². The number of likely N-dealkylation sites (tertiary alicyclic amines) is 1. The first-order valence-corrected chi connectivity index (χ1v) is 5.78. The molecule has 0 aliphatic carbocycles. The lowest BCUT2D eigenvalue weighted by molar-refractivity contribution is -0.129. The van der Waals surface area contributed by atoms with E-state index >= 15 is 0 Å². The van der Waals surface area contributed by atoms with Gasteiger partial charge in [0, 0.05) is 13.0 Å². The molecular formula is C13H21NO. The van der Waals surface area contributed by atoms with Gasteiger partial charge >= 0.3 is 0 Å². The molecule has 0 aromatic carbocycles. The molecule has 0 saturated carbocycles. The van der Waals surface area contributed by atoms with Gasteiger partial charge in [0.25, 0.3) is 0 Å². The minimum absolute atomic E-state index is 0.239. The zero-order chi connectivity index (χ0) is 11.3. The van der Waals surface area contributed by atoms with Gasteiger partial charge in [-0.05, 0) is 25.7 Å². The molecule has 1 atom stereocenters. The van der Waals surface area contributed by atoms with E-state index in [1.54, 1.807) is 0 Å². The molecule has 1 heterocycles. The highest BCUT2D eigenvalue weighted by Gasteiger charge is 2.28. The minimum Gasteiger partial charge on any atom is -0.336 e. The molecule has 1 rings (SSSR count). The summed E-state index contributed by atoms with van der Waals surface area (Å²) in [5, 5.41) is 0. The van der Waals surface area contributed by atoms with Crippen molar-refractivity contribution in [3.63, 3.8) is 0 Å². The highest BCUT2D eigenvalue weighted by molar-refractivity contribution is 5.78. The van der Waals surface area contributed by atoms with Crippen LogP contribution >= 0.6 is 0 Å². The maximum Gasteiger partial charge on any atom is 0.223 e. The summed E-state index contributed by atoms with van der Waals surface area (Å²) in [7, 11) is 0. The Labute approximate surface area is 92.7 Å². The minimum atomic E-state index is 0.239. The van der Waals surface area contributed by atoms with Crippen LogP contribution in [0.1, 0.15) is 39.0 Å². The largest absolute Gasteiger partial charge is 0.336 e. The zero-order valence-electron chi connectivity index (χ0n) is 9.67. The Morgan fingerprint density at radius 3 is 2.87 bits per heavy atom. The molecule has 1 amide bonds. The third kappa shape index (κ3) is 2.95. The molecule has 84 valence electrons. The average Bonchev–Trinajstić information content (AvgIpc) is 2.65. The normalized spacial score (nSPS) is 17.9. The van der Waals surface area contributed by atoms with Gasteiger partial charge in [-0.3, -0.25) is 4.79 Å². The van der Waals surface area contributed by atoms with Gasteiger partial charge in [-0.1, -0.05) is 25.2 Å². The predicted octanol–water partition coefficient (Wildman–Crippen LogP) is 2.91. The smallest absolute Gasteiger partial charge is 0.223 e. The van der Waals surface area contributed by atoms with E-state index in [-0.39, 0.29) is 6.04 Å². The molecule has 0 aromatic rings. The summed E-state index contributed by atoms with van der Waals surface area (Å²) in [6.45, 7) is 10.8. The number of hydrogen-bond acceptors (Lipinski definition) is 1. The summed E-state index contributed by atoms with van der Waals surface area (Å²) < 4.78 is 0. The molecule has 0 spiro atoms. The van der Waals surface area contributed by atoms with Crippen molar-refractivity contribution >= 4 is 5.91 Å². The van der Waals surface area contributed by atoms with Crippen LogP contribution in [-0.4, -0.2) is 23.4 Å². The number of allylic oxidation sites excluding steroid dienone is 1. The standard InChI is InChI=1S/C13H21NO/c1-4-6-8-12(11(3)5-2)14-10-7-9-13(14)15/h4,12H,1,3,5-10H2,2H3. The molecule has 1 saturated heterocycles. The lowest BCUT2D eigenvalue weighted by Crippen LogP contribution is -2.37. The van der Waals surface area contributed by atoms with E-state index in [1.165, 1.54) is 5.57 Å². The maximum absolute atomic E-state index is 11.7. The number of hydrogen-bond donors (Lipinski definition) is 0. The summed E-state index contributed by atoms with van der Waals surface area (Å²) in [5.74, 6) is 0.290. The summed E-state index contributed by atoms with van der Waals surface area (Å²) in [4.78, 5) is 13.7. The van der Waals surface area contributed by atoms with Crippen molar-refractivity contribution in [3.8, 4) is 0 Å². The van der Waals surface area contributed by atoms with E-state index in [0.717, 1.165) is 32.2 Å². The van der Waals surface area contributed by atoms with Gasteiger partial charge in [0.05, 0.1) is 6.04 Å². The van der Waals surface area contributed by atoms with Crippen LogP contribution in [0.15, 0.2) is 24.8 Å². The number of nitrogens with zero attached hydrogens (tertiary/aromatic N) is 1. The van der Waals surface area contributed by atoms with Crippen molar-refractivity contribution in [1.29, 1.82) is 0 Å². The molecule has 15 heavy (non-hydrogen) atoms. The molecule has 2 heteroatoms. The lowest BCUT2D eigenvalue weighted by Gasteiger charge is -2.29. The Bertz CT molecular complexity index is 257. The highest BCUT2D eigenvalue weighted by atomic mass is 16.2. The van der Waals surface area contributed by atoms with Crippen LogP contribution < -0.4 is 0 Å². The van der Waals surface area contributed by atoms with Crippen molar-refractivity contribution in [2.45, 2.75) is 45.1 Å². The van der Waals surface area contributed by atoms with Crippen LogP contribution in [0, 0.1) is 0 Å². The molecule has 0 aromatic heterocycles. The van der Waals surface area contributed by atoms with Crippen molar-refractivity contribution in [3.05, 3.63) is 24.8 Å². The second-order valence-corrected chi connectivity index (χ2v) is 4.08. The first-order valence-electron chi connectivity index (χ1n) is 5.78. The second-order valence-electron chi connectivity index (χ2n) is 4.08. The molecule has 0 N–H and O–H groups in total. The summed E-state index contributed by atoms with van der Waals surface area (Å²) in [6.07, 6.45) is 6.50. The average molecular weight is 207 g/mol. The topological polar surface area (TPSA) is 20.3 Å². The third-order valence-corrected chi connectivity index (χ3v) is 3.06. The van der Waals surface area contributed by atoms with Crippen molar-refractivity contribution in [1.82, 2.24) is 4.90 Å². The van der Waals surface area contributed by atoms with Crippen LogP contribution in [-0.2, 0) is 4.79 Å². The van der Waals surface area contributed by atoms with Gasteiger partial charge in [0.2, 0.25) is 5.91 Å². The lowest BCUT2D eigenvalue weighted by atomic mass is 10.00. The Balaban J connectivity index is 2.65. The summed E-state index contributed by atoms with van der Waals surface area (Å²) >= 11 is 0. The van der Waals surface area contributed by atoms with Crippen LogP contribution in [0.2, 0.25) is 0 Å². The molecule has 1 unspecified atom stereocenters. The van der Waals surface area contributed by atoms with E-state index in [9.17, 15) is 4.79 Å². The zero-order valence-corrected chi connectivity index (χ0v) is 9.67. The van der Waals surface area contributed by atoms with Crippen LogP contribution in [0.25, 0.3) is 0 Å². The summed E-state index contributed by atoms with van der Waals surface area (Å²) in [6, 6.07) is 0.239.